The zero-order chi connectivity index (χ0) is 16.3. The predicted octanol–water partition coefficient (Wildman–Crippen LogP) is 7.03. The van der Waals surface area contributed by atoms with Crippen molar-refractivity contribution in [3.05, 3.63) is 47.8 Å². The van der Waals surface area contributed by atoms with Crippen molar-refractivity contribution in [1.29, 1.82) is 0 Å². The Morgan fingerprint density at radius 1 is 0.913 bits per heavy atom. The van der Waals surface area contributed by atoms with Gasteiger partial charge in [0, 0.05) is 0 Å². The van der Waals surface area contributed by atoms with E-state index >= 15 is 0 Å². The molecule has 23 heavy (non-hydrogen) atoms. The molecule has 1 aliphatic rings. The summed E-state index contributed by atoms with van der Waals surface area (Å²) in [5, 5.41) is 0. The van der Waals surface area contributed by atoms with E-state index in [1.54, 1.807) is 6.08 Å². The van der Waals surface area contributed by atoms with Crippen LogP contribution in [0.5, 0.6) is 0 Å². The number of benzene rings is 1. The quantitative estimate of drug-likeness (QED) is 0.458. The number of hydrogen-bond acceptors (Lipinski definition) is 0. The molecule has 1 saturated carbocycles. The van der Waals surface area contributed by atoms with Gasteiger partial charge in [-0.15, -0.1) is 0 Å². The highest BCUT2D eigenvalue weighted by atomic mass is 19.1. The van der Waals surface area contributed by atoms with Gasteiger partial charge in [0.1, 0.15) is 0 Å². The molecule has 0 bridgehead atoms. The first-order valence-corrected chi connectivity index (χ1v) is 9.64. The van der Waals surface area contributed by atoms with Gasteiger partial charge in [-0.05, 0) is 48.6 Å². The van der Waals surface area contributed by atoms with E-state index in [2.05, 4.69) is 31.2 Å². The average molecular weight is 317 g/mol. The Balaban J connectivity index is 1.66. The van der Waals surface area contributed by atoms with Crippen molar-refractivity contribution >= 4 is 0 Å². The second-order valence-corrected chi connectivity index (χ2v) is 7.28. The second-order valence-electron chi connectivity index (χ2n) is 7.28. The lowest BCUT2D eigenvalue weighted by Gasteiger charge is -2.28. The number of allylic oxidation sites excluding steroid dienone is 1. The molecule has 0 aromatic heterocycles. The molecule has 0 N–H and O–H groups in total. The summed E-state index contributed by atoms with van der Waals surface area (Å²) >= 11 is 0. The highest BCUT2D eigenvalue weighted by Gasteiger charge is 2.20. The summed E-state index contributed by atoms with van der Waals surface area (Å²) in [6.45, 7) is 2.30. The van der Waals surface area contributed by atoms with Crippen LogP contribution in [0.2, 0.25) is 0 Å². The summed E-state index contributed by atoms with van der Waals surface area (Å²) in [5.74, 6) is 1.96. The zero-order valence-corrected chi connectivity index (χ0v) is 14.8. The summed E-state index contributed by atoms with van der Waals surface area (Å²) in [6.07, 6.45) is 16.6. The highest BCUT2D eigenvalue weighted by Crippen LogP contribution is 2.34. The van der Waals surface area contributed by atoms with Crippen molar-refractivity contribution in [1.82, 2.24) is 0 Å². The van der Waals surface area contributed by atoms with Crippen LogP contribution in [-0.4, -0.2) is 0 Å². The standard InChI is InChI=1S/C22H33F/c1-2-3-6-19-8-12-21(13-9-19)16-17-22-14-10-20(11-15-22)7-4-5-18-23/h5,10-11,14-15,18-19,21H,2-4,6-9,12-13,16-17H2,1H3/t19-,21-. The Labute approximate surface area is 142 Å². The first kappa shape index (κ1) is 18.2. The number of halogens is 1. The van der Waals surface area contributed by atoms with Crippen molar-refractivity contribution in [2.75, 3.05) is 0 Å². The minimum absolute atomic E-state index is 0.644. The third kappa shape index (κ3) is 6.89. The van der Waals surface area contributed by atoms with Gasteiger partial charge in [-0.2, -0.15) is 0 Å². The molecular weight excluding hydrogens is 283 g/mol. The smallest absolute Gasteiger partial charge is 0.0827 e. The van der Waals surface area contributed by atoms with Crippen LogP contribution in [0.15, 0.2) is 36.7 Å². The van der Waals surface area contributed by atoms with E-state index in [-0.39, 0.29) is 0 Å². The number of hydrogen-bond donors (Lipinski definition) is 0. The molecule has 128 valence electrons. The van der Waals surface area contributed by atoms with Crippen LogP contribution in [0, 0.1) is 11.8 Å². The fourth-order valence-corrected chi connectivity index (χ4v) is 3.86. The Bertz CT molecular complexity index is 438. The summed E-state index contributed by atoms with van der Waals surface area (Å²) in [5.41, 5.74) is 2.77. The van der Waals surface area contributed by atoms with Crippen LogP contribution in [0.1, 0.15) is 75.8 Å². The van der Waals surface area contributed by atoms with Gasteiger partial charge in [-0.25, -0.2) is 4.39 Å². The molecular formula is C22H33F. The van der Waals surface area contributed by atoms with Gasteiger partial charge in [0.15, 0.2) is 0 Å². The molecule has 0 radical (unpaired) electrons. The van der Waals surface area contributed by atoms with Crippen LogP contribution in [0.3, 0.4) is 0 Å². The van der Waals surface area contributed by atoms with Gasteiger partial charge in [-0.3, -0.25) is 0 Å². The molecule has 0 nitrogen and oxygen atoms in total. The average Bonchev–Trinajstić information content (AvgIpc) is 2.60. The van der Waals surface area contributed by atoms with E-state index in [0.717, 1.165) is 24.7 Å². The summed E-state index contributed by atoms with van der Waals surface area (Å²) in [6, 6.07) is 8.95. The van der Waals surface area contributed by atoms with Crippen molar-refractivity contribution in [2.24, 2.45) is 11.8 Å². The lowest BCUT2D eigenvalue weighted by atomic mass is 9.78. The fourth-order valence-electron chi connectivity index (χ4n) is 3.86. The largest absolute Gasteiger partial charge is 0.216 e. The maximum atomic E-state index is 11.9. The van der Waals surface area contributed by atoms with Crippen LogP contribution in [0.25, 0.3) is 0 Å². The van der Waals surface area contributed by atoms with Crippen molar-refractivity contribution in [2.45, 2.75) is 77.6 Å². The third-order valence-corrected chi connectivity index (χ3v) is 5.49. The molecule has 0 unspecified atom stereocenters. The monoisotopic (exact) mass is 316 g/mol. The SMILES string of the molecule is CCCC[C@H]1CC[C@H](CCc2ccc(CCC=CF)cc2)CC1. The van der Waals surface area contributed by atoms with Gasteiger partial charge >= 0.3 is 0 Å². The topological polar surface area (TPSA) is 0 Å². The second kappa shape index (κ2) is 10.6. The molecule has 0 aliphatic heterocycles. The maximum Gasteiger partial charge on any atom is 0.0827 e. The first-order chi connectivity index (χ1) is 11.3. The van der Waals surface area contributed by atoms with Gasteiger partial charge in [0.05, 0.1) is 6.33 Å². The lowest BCUT2D eigenvalue weighted by Crippen LogP contribution is -2.15. The predicted molar refractivity (Wildman–Crippen MR) is 98.3 cm³/mol. The van der Waals surface area contributed by atoms with Crippen LogP contribution >= 0.6 is 0 Å². The molecule has 1 fully saturated rings. The molecule has 1 aliphatic carbocycles. The Morgan fingerprint density at radius 2 is 1.48 bits per heavy atom. The third-order valence-electron chi connectivity index (χ3n) is 5.49. The molecule has 0 atom stereocenters. The minimum atomic E-state index is 0.644. The van der Waals surface area contributed by atoms with Crippen LogP contribution < -0.4 is 0 Å². The molecule has 1 heteroatoms. The minimum Gasteiger partial charge on any atom is -0.216 e. The Morgan fingerprint density at radius 3 is 2.04 bits per heavy atom. The fraction of sp³-hybridized carbons (Fsp3) is 0.636. The zero-order valence-electron chi connectivity index (χ0n) is 14.8. The van der Waals surface area contributed by atoms with Crippen molar-refractivity contribution in [3.63, 3.8) is 0 Å². The molecule has 0 amide bonds. The lowest BCUT2D eigenvalue weighted by molar-refractivity contribution is 0.250. The molecule has 2 rings (SSSR count). The van der Waals surface area contributed by atoms with E-state index < -0.39 is 0 Å². The van der Waals surface area contributed by atoms with Gasteiger partial charge in [0.2, 0.25) is 0 Å². The Hall–Kier alpha value is -1.11. The molecule has 0 saturated heterocycles. The van der Waals surface area contributed by atoms with Gasteiger partial charge < -0.3 is 0 Å². The maximum absolute atomic E-state index is 11.9. The Kier molecular flexibility index (Phi) is 8.42. The normalized spacial score (nSPS) is 21.8. The summed E-state index contributed by atoms with van der Waals surface area (Å²) in [7, 11) is 0. The van der Waals surface area contributed by atoms with Crippen molar-refractivity contribution < 1.29 is 4.39 Å². The van der Waals surface area contributed by atoms with E-state index in [1.807, 2.05) is 0 Å². The summed E-state index contributed by atoms with van der Waals surface area (Å²) < 4.78 is 11.9. The number of rotatable bonds is 9. The summed E-state index contributed by atoms with van der Waals surface area (Å²) in [4.78, 5) is 0. The van der Waals surface area contributed by atoms with Crippen LogP contribution in [-0.2, 0) is 12.8 Å². The molecule has 0 spiro atoms. The van der Waals surface area contributed by atoms with E-state index in [4.69, 9.17) is 0 Å². The van der Waals surface area contributed by atoms with Gasteiger partial charge in [0.25, 0.3) is 0 Å². The highest BCUT2D eigenvalue weighted by molar-refractivity contribution is 5.23. The van der Waals surface area contributed by atoms with E-state index in [9.17, 15) is 4.39 Å². The number of unbranched alkanes of at least 4 members (excludes halogenated alkanes) is 1. The van der Waals surface area contributed by atoms with Gasteiger partial charge in [-0.1, -0.05) is 82.2 Å². The van der Waals surface area contributed by atoms with Crippen molar-refractivity contribution in [3.8, 4) is 0 Å². The molecule has 0 heterocycles. The molecule has 1 aromatic rings. The number of aryl methyl sites for hydroxylation is 2. The molecule has 1 aromatic carbocycles. The van der Waals surface area contributed by atoms with E-state index in [1.165, 1.54) is 68.9 Å². The first-order valence-electron chi connectivity index (χ1n) is 9.64. The van der Waals surface area contributed by atoms with Crippen LogP contribution in [0.4, 0.5) is 4.39 Å². The van der Waals surface area contributed by atoms with E-state index in [0.29, 0.717) is 6.33 Å².